The summed E-state index contributed by atoms with van der Waals surface area (Å²) in [6.07, 6.45) is -0.217. The minimum Gasteiger partial charge on any atom is -0.496 e. The van der Waals surface area contributed by atoms with Crippen molar-refractivity contribution < 1.29 is 14.9 Å². The number of methoxy groups -OCH3 is 1. The van der Waals surface area contributed by atoms with E-state index in [1.165, 1.54) is 0 Å². The second-order valence-corrected chi connectivity index (χ2v) is 4.95. The molecule has 3 N–H and O–H groups in total. The van der Waals surface area contributed by atoms with Gasteiger partial charge in [0.05, 0.1) is 19.3 Å². The molecule has 3 unspecified atom stereocenters. The van der Waals surface area contributed by atoms with Gasteiger partial charge in [-0.3, -0.25) is 0 Å². The molecule has 0 heterocycles. The van der Waals surface area contributed by atoms with Gasteiger partial charge in [-0.25, -0.2) is 0 Å². The summed E-state index contributed by atoms with van der Waals surface area (Å²) in [5, 5.41) is 22.9. The number of rotatable bonds is 7. The van der Waals surface area contributed by atoms with Crippen LogP contribution in [0, 0.1) is 6.92 Å². The van der Waals surface area contributed by atoms with E-state index >= 15 is 0 Å². The maximum Gasteiger partial charge on any atom is 0.121 e. The summed E-state index contributed by atoms with van der Waals surface area (Å²) in [5.74, 6) is 0.820. The average molecular weight is 267 g/mol. The van der Waals surface area contributed by atoms with E-state index in [1.807, 2.05) is 32.0 Å². The predicted molar refractivity (Wildman–Crippen MR) is 76.5 cm³/mol. The van der Waals surface area contributed by atoms with Crippen LogP contribution in [0.1, 0.15) is 37.5 Å². The Kier molecular flexibility index (Phi) is 6.28. The zero-order valence-corrected chi connectivity index (χ0v) is 12.2. The Bertz CT molecular complexity index is 393. The van der Waals surface area contributed by atoms with E-state index in [-0.39, 0.29) is 6.04 Å². The highest BCUT2D eigenvalue weighted by atomic mass is 16.5. The van der Waals surface area contributed by atoms with Crippen LogP contribution in [-0.2, 0) is 0 Å². The van der Waals surface area contributed by atoms with Gasteiger partial charge in [0.2, 0.25) is 0 Å². The maximum absolute atomic E-state index is 10.4. The van der Waals surface area contributed by atoms with Crippen molar-refractivity contribution in [3.8, 4) is 5.75 Å². The summed E-state index contributed by atoms with van der Waals surface area (Å²) in [5.41, 5.74) is 1.87. The van der Waals surface area contributed by atoms with Crippen LogP contribution in [0.25, 0.3) is 0 Å². The Morgan fingerprint density at radius 2 is 2.00 bits per heavy atom. The third-order valence-electron chi connectivity index (χ3n) is 3.26. The fraction of sp³-hybridized carbons (Fsp3) is 0.600. The number of hydrogen-bond donors (Lipinski definition) is 3. The number of aliphatic hydroxyl groups is 2. The lowest BCUT2D eigenvalue weighted by Crippen LogP contribution is -2.38. The van der Waals surface area contributed by atoms with Gasteiger partial charge >= 0.3 is 0 Å². The van der Waals surface area contributed by atoms with Gasteiger partial charge in [-0.1, -0.05) is 13.0 Å². The standard InChI is InChI=1S/C15H25NO3/c1-5-13(16-9-11(3)17)15(18)12-6-7-14(19-4)10(2)8-12/h6-8,11,13,15-18H,5,9H2,1-4H3. The van der Waals surface area contributed by atoms with Crippen LogP contribution in [0.15, 0.2) is 18.2 Å². The molecule has 19 heavy (non-hydrogen) atoms. The third-order valence-corrected chi connectivity index (χ3v) is 3.26. The minimum absolute atomic E-state index is 0.0672. The molecule has 0 bridgehead atoms. The van der Waals surface area contributed by atoms with Crippen LogP contribution < -0.4 is 10.1 Å². The van der Waals surface area contributed by atoms with Crippen molar-refractivity contribution >= 4 is 0 Å². The van der Waals surface area contributed by atoms with Crippen molar-refractivity contribution in [2.75, 3.05) is 13.7 Å². The highest BCUT2D eigenvalue weighted by molar-refractivity contribution is 5.37. The molecule has 0 amide bonds. The SMILES string of the molecule is CCC(NCC(C)O)C(O)c1ccc(OC)c(C)c1. The second kappa shape index (κ2) is 7.48. The molecule has 3 atom stereocenters. The smallest absolute Gasteiger partial charge is 0.121 e. The topological polar surface area (TPSA) is 61.7 Å². The Balaban J connectivity index is 2.79. The molecule has 0 saturated carbocycles. The number of aliphatic hydroxyl groups excluding tert-OH is 2. The molecule has 0 aliphatic heterocycles. The number of aryl methyl sites for hydroxylation is 1. The molecule has 1 aromatic rings. The molecular weight excluding hydrogens is 242 g/mol. The fourth-order valence-corrected chi connectivity index (χ4v) is 2.12. The first-order valence-electron chi connectivity index (χ1n) is 6.73. The first-order chi connectivity index (χ1) is 8.99. The zero-order chi connectivity index (χ0) is 14.4. The lowest BCUT2D eigenvalue weighted by molar-refractivity contribution is 0.112. The molecule has 4 nitrogen and oxygen atoms in total. The van der Waals surface area contributed by atoms with Gasteiger partial charge in [-0.2, -0.15) is 0 Å². The minimum atomic E-state index is -0.589. The van der Waals surface area contributed by atoms with Crippen molar-refractivity contribution in [2.24, 2.45) is 0 Å². The first-order valence-corrected chi connectivity index (χ1v) is 6.73. The van der Waals surface area contributed by atoms with Gasteiger partial charge in [0.15, 0.2) is 0 Å². The van der Waals surface area contributed by atoms with E-state index < -0.39 is 12.2 Å². The van der Waals surface area contributed by atoms with E-state index in [2.05, 4.69) is 5.32 Å². The highest BCUT2D eigenvalue weighted by Crippen LogP contribution is 2.25. The molecule has 0 fully saturated rings. The van der Waals surface area contributed by atoms with Crippen molar-refractivity contribution in [3.63, 3.8) is 0 Å². The van der Waals surface area contributed by atoms with Crippen LogP contribution in [-0.4, -0.2) is 36.0 Å². The molecule has 0 aliphatic rings. The summed E-state index contributed by atoms with van der Waals surface area (Å²) in [4.78, 5) is 0. The number of hydrogen-bond acceptors (Lipinski definition) is 4. The maximum atomic E-state index is 10.4. The summed E-state index contributed by atoms with van der Waals surface area (Å²) >= 11 is 0. The third kappa shape index (κ3) is 4.49. The summed E-state index contributed by atoms with van der Waals surface area (Å²) < 4.78 is 5.22. The molecular formula is C15H25NO3. The van der Waals surface area contributed by atoms with Crippen LogP contribution in [0.3, 0.4) is 0 Å². The molecule has 1 rings (SSSR count). The Morgan fingerprint density at radius 1 is 1.32 bits per heavy atom. The molecule has 0 radical (unpaired) electrons. The molecule has 0 aliphatic carbocycles. The number of ether oxygens (including phenoxy) is 1. The number of nitrogens with one attached hydrogen (secondary N) is 1. The molecule has 0 spiro atoms. The van der Waals surface area contributed by atoms with Gasteiger partial charge in [0, 0.05) is 12.6 Å². The zero-order valence-electron chi connectivity index (χ0n) is 12.2. The van der Waals surface area contributed by atoms with Crippen molar-refractivity contribution in [1.82, 2.24) is 5.32 Å². The van der Waals surface area contributed by atoms with Crippen molar-refractivity contribution in [2.45, 2.75) is 45.4 Å². The summed E-state index contributed by atoms with van der Waals surface area (Å²) in [6.45, 7) is 6.17. The lowest BCUT2D eigenvalue weighted by atomic mass is 9.98. The largest absolute Gasteiger partial charge is 0.496 e. The average Bonchev–Trinajstić information content (AvgIpc) is 2.38. The monoisotopic (exact) mass is 267 g/mol. The Labute approximate surface area is 115 Å². The summed E-state index contributed by atoms with van der Waals surface area (Å²) in [6, 6.07) is 5.62. The van der Waals surface area contributed by atoms with Crippen molar-refractivity contribution in [3.05, 3.63) is 29.3 Å². The lowest BCUT2D eigenvalue weighted by Gasteiger charge is -2.24. The van der Waals surface area contributed by atoms with Crippen molar-refractivity contribution in [1.29, 1.82) is 0 Å². The van der Waals surface area contributed by atoms with E-state index in [0.29, 0.717) is 6.54 Å². The quantitative estimate of drug-likeness (QED) is 0.705. The Morgan fingerprint density at radius 3 is 2.47 bits per heavy atom. The molecule has 1 aromatic carbocycles. The second-order valence-electron chi connectivity index (χ2n) is 4.95. The fourth-order valence-electron chi connectivity index (χ4n) is 2.12. The molecule has 0 saturated heterocycles. The van der Waals surface area contributed by atoms with Gasteiger partial charge in [-0.05, 0) is 43.5 Å². The van der Waals surface area contributed by atoms with Gasteiger partial charge in [-0.15, -0.1) is 0 Å². The van der Waals surface area contributed by atoms with E-state index in [9.17, 15) is 10.2 Å². The first kappa shape index (κ1) is 16.0. The van der Waals surface area contributed by atoms with E-state index in [1.54, 1.807) is 14.0 Å². The van der Waals surface area contributed by atoms with E-state index in [0.717, 1.165) is 23.3 Å². The normalized spacial score (nSPS) is 15.9. The number of benzene rings is 1. The summed E-state index contributed by atoms with van der Waals surface area (Å²) in [7, 11) is 1.64. The van der Waals surface area contributed by atoms with Crippen LogP contribution in [0.2, 0.25) is 0 Å². The van der Waals surface area contributed by atoms with Gasteiger partial charge in [0.25, 0.3) is 0 Å². The molecule has 4 heteroatoms. The molecule has 108 valence electrons. The predicted octanol–water partition coefficient (Wildman–Crippen LogP) is 1.79. The van der Waals surface area contributed by atoms with Gasteiger partial charge < -0.3 is 20.3 Å². The van der Waals surface area contributed by atoms with Crippen LogP contribution >= 0.6 is 0 Å². The van der Waals surface area contributed by atoms with Gasteiger partial charge in [0.1, 0.15) is 5.75 Å². The highest BCUT2D eigenvalue weighted by Gasteiger charge is 2.19. The Hall–Kier alpha value is -1.10. The molecule has 0 aromatic heterocycles. The van der Waals surface area contributed by atoms with Crippen LogP contribution in [0.5, 0.6) is 5.75 Å². The van der Waals surface area contributed by atoms with E-state index in [4.69, 9.17) is 4.74 Å². The van der Waals surface area contributed by atoms with Crippen LogP contribution in [0.4, 0.5) is 0 Å².